The zero-order chi connectivity index (χ0) is 10.8. The van der Waals surface area contributed by atoms with Crippen molar-refractivity contribution in [2.75, 3.05) is 0 Å². The molecular formula is C11H15ClN4. The first-order chi connectivity index (χ1) is 7.18. The Morgan fingerprint density at radius 3 is 2.31 bits per heavy atom. The third-order valence-corrected chi connectivity index (χ3v) is 2.24. The molecule has 2 N–H and O–H groups in total. The zero-order valence-corrected chi connectivity index (χ0v) is 10.1. The van der Waals surface area contributed by atoms with E-state index in [0.29, 0.717) is 0 Å². The summed E-state index contributed by atoms with van der Waals surface area (Å²) in [5.41, 5.74) is 8.47. The van der Waals surface area contributed by atoms with Crippen LogP contribution in [0.25, 0.3) is 5.69 Å². The Hall–Kier alpha value is -1.39. The van der Waals surface area contributed by atoms with E-state index >= 15 is 0 Å². The van der Waals surface area contributed by atoms with Crippen LogP contribution < -0.4 is 5.73 Å². The summed E-state index contributed by atoms with van der Waals surface area (Å²) in [5, 5.41) is 8.69. The summed E-state index contributed by atoms with van der Waals surface area (Å²) in [7, 11) is 0. The van der Waals surface area contributed by atoms with Crippen LogP contribution in [0.3, 0.4) is 0 Å². The van der Waals surface area contributed by atoms with Crippen molar-refractivity contribution in [1.29, 1.82) is 0 Å². The lowest BCUT2D eigenvalue weighted by molar-refractivity contribution is 0.706. The molecule has 1 heterocycles. The second kappa shape index (κ2) is 5.09. The van der Waals surface area contributed by atoms with Crippen LogP contribution in [0, 0.1) is 6.92 Å². The highest BCUT2D eigenvalue weighted by Crippen LogP contribution is 2.12. The van der Waals surface area contributed by atoms with Gasteiger partial charge in [-0.05, 0) is 26.0 Å². The molecule has 1 aromatic heterocycles. The Bertz CT molecular complexity index is 450. The van der Waals surface area contributed by atoms with Crippen molar-refractivity contribution in [1.82, 2.24) is 15.0 Å². The minimum absolute atomic E-state index is 0. The lowest BCUT2D eigenvalue weighted by atomic mass is 10.2. The number of para-hydroxylation sites is 1. The van der Waals surface area contributed by atoms with Gasteiger partial charge in [0.05, 0.1) is 11.4 Å². The predicted molar refractivity (Wildman–Crippen MR) is 65.9 cm³/mol. The quantitative estimate of drug-likeness (QED) is 0.871. The number of benzene rings is 1. The normalized spacial score (nSPS) is 11.9. The number of halogens is 1. The van der Waals surface area contributed by atoms with E-state index in [-0.39, 0.29) is 18.4 Å². The van der Waals surface area contributed by atoms with Crippen LogP contribution in [0.4, 0.5) is 0 Å². The van der Waals surface area contributed by atoms with Gasteiger partial charge in [-0.3, -0.25) is 0 Å². The van der Waals surface area contributed by atoms with E-state index in [0.717, 1.165) is 17.1 Å². The second-order valence-electron chi connectivity index (χ2n) is 3.58. The van der Waals surface area contributed by atoms with E-state index in [1.165, 1.54) is 0 Å². The molecule has 0 saturated carbocycles. The number of hydrogen-bond acceptors (Lipinski definition) is 3. The van der Waals surface area contributed by atoms with Crippen molar-refractivity contribution in [2.45, 2.75) is 19.9 Å². The van der Waals surface area contributed by atoms with Gasteiger partial charge in [-0.15, -0.1) is 12.4 Å². The van der Waals surface area contributed by atoms with Crippen LogP contribution >= 0.6 is 12.4 Å². The fraction of sp³-hybridized carbons (Fsp3) is 0.273. The lowest BCUT2D eigenvalue weighted by Gasteiger charge is -1.99. The summed E-state index contributed by atoms with van der Waals surface area (Å²) in [4.78, 5) is 1.62. The molecule has 0 bridgehead atoms. The van der Waals surface area contributed by atoms with Gasteiger partial charge in [0.2, 0.25) is 0 Å². The van der Waals surface area contributed by atoms with Gasteiger partial charge in [0, 0.05) is 6.04 Å². The minimum Gasteiger partial charge on any atom is -0.323 e. The van der Waals surface area contributed by atoms with E-state index in [4.69, 9.17) is 5.73 Å². The van der Waals surface area contributed by atoms with E-state index in [9.17, 15) is 0 Å². The van der Waals surface area contributed by atoms with E-state index < -0.39 is 0 Å². The molecule has 5 heteroatoms. The lowest BCUT2D eigenvalue weighted by Crippen LogP contribution is -2.07. The first kappa shape index (κ1) is 12.7. The summed E-state index contributed by atoms with van der Waals surface area (Å²) >= 11 is 0. The molecule has 1 atom stereocenters. The van der Waals surface area contributed by atoms with Crippen LogP contribution in [-0.2, 0) is 0 Å². The topological polar surface area (TPSA) is 56.7 Å². The summed E-state index contributed by atoms with van der Waals surface area (Å²) in [6, 6.07) is 9.72. The second-order valence-corrected chi connectivity index (χ2v) is 3.58. The van der Waals surface area contributed by atoms with Crippen LogP contribution in [0.15, 0.2) is 30.3 Å². The van der Waals surface area contributed by atoms with Crippen LogP contribution in [-0.4, -0.2) is 15.0 Å². The highest BCUT2D eigenvalue weighted by molar-refractivity contribution is 5.85. The standard InChI is InChI=1S/C11H14N4.ClH/c1-8(12)11-9(2)13-15(14-11)10-6-4-3-5-7-10;/h3-8H,12H2,1-2H3;1H. The summed E-state index contributed by atoms with van der Waals surface area (Å²) in [6.07, 6.45) is 0. The van der Waals surface area contributed by atoms with Gasteiger partial charge in [0.1, 0.15) is 5.69 Å². The van der Waals surface area contributed by atoms with Crippen LogP contribution in [0.5, 0.6) is 0 Å². The molecule has 0 saturated heterocycles. The maximum absolute atomic E-state index is 5.79. The number of hydrogen-bond donors (Lipinski definition) is 1. The number of nitrogens with two attached hydrogens (primary N) is 1. The molecule has 1 unspecified atom stereocenters. The fourth-order valence-electron chi connectivity index (χ4n) is 1.49. The van der Waals surface area contributed by atoms with Crippen molar-refractivity contribution >= 4 is 12.4 Å². The van der Waals surface area contributed by atoms with Gasteiger partial charge in [-0.2, -0.15) is 15.0 Å². The highest BCUT2D eigenvalue weighted by Gasteiger charge is 2.11. The third-order valence-electron chi connectivity index (χ3n) is 2.24. The molecule has 0 amide bonds. The average molecular weight is 239 g/mol. The molecule has 0 radical (unpaired) electrons. The van der Waals surface area contributed by atoms with Crippen LogP contribution in [0.2, 0.25) is 0 Å². The largest absolute Gasteiger partial charge is 0.323 e. The number of aryl methyl sites for hydroxylation is 1. The molecule has 86 valence electrons. The Labute approximate surface area is 101 Å². The number of nitrogens with zero attached hydrogens (tertiary/aromatic N) is 3. The summed E-state index contributed by atoms with van der Waals surface area (Å²) in [5.74, 6) is 0. The SMILES string of the molecule is Cc1nn(-c2ccccc2)nc1C(C)N.Cl. The summed E-state index contributed by atoms with van der Waals surface area (Å²) in [6.45, 7) is 3.83. The molecule has 0 fully saturated rings. The molecule has 0 aliphatic heterocycles. The molecule has 2 aromatic rings. The third kappa shape index (κ3) is 2.40. The van der Waals surface area contributed by atoms with E-state index in [2.05, 4.69) is 10.2 Å². The monoisotopic (exact) mass is 238 g/mol. The van der Waals surface area contributed by atoms with E-state index in [1.54, 1.807) is 4.80 Å². The average Bonchev–Trinajstić information content (AvgIpc) is 2.62. The molecule has 0 spiro atoms. The van der Waals surface area contributed by atoms with Gasteiger partial charge >= 0.3 is 0 Å². The van der Waals surface area contributed by atoms with Crippen molar-refractivity contribution < 1.29 is 0 Å². The minimum atomic E-state index is -0.0811. The van der Waals surface area contributed by atoms with Crippen LogP contribution in [0.1, 0.15) is 24.4 Å². The molecule has 0 aliphatic rings. The first-order valence-corrected chi connectivity index (χ1v) is 4.93. The van der Waals surface area contributed by atoms with Crippen molar-refractivity contribution in [3.63, 3.8) is 0 Å². The van der Waals surface area contributed by atoms with Crippen molar-refractivity contribution in [3.8, 4) is 5.69 Å². The summed E-state index contributed by atoms with van der Waals surface area (Å²) < 4.78 is 0. The highest BCUT2D eigenvalue weighted by atomic mass is 35.5. The Morgan fingerprint density at radius 1 is 1.19 bits per heavy atom. The number of aromatic nitrogens is 3. The molecule has 4 nitrogen and oxygen atoms in total. The van der Waals surface area contributed by atoms with Gasteiger partial charge in [0.25, 0.3) is 0 Å². The molecule has 16 heavy (non-hydrogen) atoms. The van der Waals surface area contributed by atoms with E-state index in [1.807, 2.05) is 44.2 Å². The van der Waals surface area contributed by atoms with Gasteiger partial charge in [0.15, 0.2) is 0 Å². The maximum atomic E-state index is 5.79. The fourth-order valence-corrected chi connectivity index (χ4v) is 1.49. The molecule has 2 rings (SSSR count). The predicted octanol–water partition coefficient (Wildman–Crippen LogP) is 2.02. The Kier molecular flexibility index (Phi) is 4.04. The first-order valence-electron chi connectivity index (χ1n) is 4.93. The molecular weight excluding hydrogens is 224 g/mol. The van der Waals surface area contributed by atoms with Crippen molar-refractivity contribution in [3.05, 3.63) is 41.7 Å². The molecule has 0 aliphatic carbocycles. The smallest absolute Gasteiger partial charge is 0.102 e. The van der Waals surface area contributed by atoms with Crippen molar-refractivity contribution in [2.24, 2.45) is 5.73 Å². The maximum Gasteiger partial charge on any atom is 0.102 e. The number of rotatable bonds is 2. The van der Waals surface area contributed by atoms with Gasteiger partial charge in [-0.25, -0.2) is 0 Å². The van der Waals surface area contributed by atoms with Gasteiger partial charge < -0.3 is 5.73 Å². The molecule has 1 aromatic carbocycles. The Balaban J connectivity index is 0.00000128. The zero-order valence-electron chi connectivity index (χ0n) is 9.29. The Morgan fingerprint density at radius 2 is 1.81 bits per heavy atom. The van der Waals surface area contributed by atoms with Gasteiger partial charge in [-0.1, -0.05) is 18.2 Å².